The van der Waals surface area contributed by atoms with Gasteiger partial charge < -0.3 is 30.9 Å². The highest BCUT2D eigenvalue weighted by Crippen LogP contribution is 2.32. The molecule has 0 spiro atoms. The fourth-order valence-electron chi connectivity index (χ4n) is 2.73. The summed E-state index contributed by atoms with van der Waals surface area (Å²) in [5.41, 5.74) is 6.06. The Labute approximate surface area is 121 Å². The first-order valence-corrected chi connectivity index (χ1v) is 6.61. The monoisotopic (exact) mass is 297 g/mol. The van der Waals surface area contributed by atoms with Gasteiger partial charge in [0.25, 0.3) is 0 Å². The number of hydrazine groups is 1. The van der Waals surface area contributed by atoms with E-state index in [2.05, 4.69) is 15.3 Å². The molecular formula is C11H19N7O3. The summed E-state index contributed by atoms with van der Waals surface area (Å²) in [5, 5.41) is 23.7. The molecule has 3 aliphatic rings. The summed E-state index contributed by atoms with van der Waals surface area (Å²) < 4.78 is 5.63. The Bertz CT molecular complexity index is 506. The molecule has 3 aliphatic heterocycles. The Hall–Kier alpha value is -1.72. The Kier molecular flexibility index (Phi) is 3.55. The fourth-order valence-corrected chi connectivity index (χ4v) is 2.73. The Morgan fingerprint density at radius 1 is 1.48 bits per heavy atom. The van der Waals surface area contributed by atoms with Gasteiger partial charge in [-0.1, -0.05) is 0 Å². The van der Waals surface area contributed by atoms with Crippen molar-refractivity contribution in [3.8, 4) is 0 Å². The summed E-state index contributed by atoms with van der Waals surface area (Å²) in [5.74, 6) is 6.55. The second-order valence-electron chi connectivity index (χ2n) is 5.09. The Morgan fingerprint density at radius 2 is 2.24 bits per heavy atom. The van der Waals surface area contributed by atoms with Gasteiger partial charge in [0.1, 0.15) is 30.6 Å². The number of fused-ring (bicyclic) bond motifs is 1. The van der Waals surface area contributed by atoms with Crippen LogP contribution < -0.4 is 16.9 Å². The minimum Gasteiger partial charge on any atom is -0.390 e. The molecule has 0 radical (unpaired) electrons. The van der Waals surface area contributed by atoms with Crippen LogP contribution in [0.1, 0.15) is 6.42 Å². The lowest BCUT2D eigenvalue weighted by Crippen LogP contribution is -2.54. The SMILES string of the molecule is CNC1=C2N=CN([C@H]3C[C@H](O)[C@@H](C(N)O)O3)C2N(N)C=N1. The first-order chi connectivity index (χ1) is 10.0. The second kappa shape index (κ2) is 5.24. The van der Waals surface area contributed by atoms with Crippen LogP contribution in [-0.4, -0.2) is 70.7 Å². The van der Waals surface area contributed by atoms with E-state index < -0.39 is 24.7 Å². The van der Waals surface area contributed by atoms with E-state index >= 15 is 0 Å². The van der Waals surface area contributed by atoms with Gasteiger partial charge in [0.15, 0.2) is 12.0 Å². The van der Waals surface area contributed by atoms with Crippen LogP contribution in [0.25, 0.3) is 0 Å². The molecule has 5 atom stereocenters. The summed E-state index contributed by atoms with van der Waals surface area (Å²) in [6.07, 6.45) is -0.395. The van der Waals surface area contributed by atoms with Crippen molar-refractivity contribution in [1.82, 2.24) is 15.2 Å². The third-order valence-electron chi connectivity index (χ3n) is 3.74. The van der Waals surface area contributed by atoms with Gasteiger partial charge in [-0.25, -0.2) is 15.8 Å². The lowest BCUT2D eigenvalue weighted by Gasteiger charge is -2.36. The molecule has 116 valence electrons. The second-order valence-corrected chi connectivity index (χ2v) is 5.09. The summed E-state index contributed by atoms with van der Waals surface area (Å²) in [7, 11) is 1.75. The van der Waals surface area contributed by atoms with E-state index in [1.807, 2.05) is 0 Å². The largest absolute Gasteiger partial charge is 0.390 e. The van der Waals surface area contributed by atoms with Crippen LogP contribution in [0.4, 0.5) is 0 Å². The smallest absolute Gasteiger partial charge is 0.167 e. The molecule has 0 aromatic carbocycles. The van der Waals surface area contributed by atoms with Gasteiger partial charge in [0.05, 0.1) is 12.4 Å². The minimum absolute atomic E-state index is 0.300. The van der Waals surface area contributed by atoms with Gasteiger partial charge >= 0.3 is 0 Å². The standard InChI is InChI=1S/C11H19N7O3/c1-14-10-7-11(18(13)4-16-10)17(3-15-7)6-2-5(19)8(21-6)9(12)20/h3-6,8-9,11,14,19-20H,2,12-13H2,1H3/t5-,6+,8-,9?,11?/m0/s1. The van der Waals surface area contributed by atoms with Crippen molar-refractivity contribution >= 4 is 12.7 Å². The van der Waals surface area contributed by atoms with Crippen molar-refractivity contribution in [2.75, 3.05) is 7.05 Å². The Morgan fingerprint density at radius 3 is 2.86 bits per heavy atom. The van der Waals surface area contributed by atoms with E-state index in [1.54, 1.807) is 18.3 Å². The molecule has 0 saturated carbocycles. The molecule has 2 unspecified atom stereocenters. The number of rotatable bonds is 3. The number of hydrogen-bond donors (Lipinski definition) is 5. The Balaban J connectivity index is 1.81. The molecule has 0 aromatic heterocycles. The van der Waals surface area contributed by atoms with Gasteiger partial charge in [0, 0.05) is 13.5 Å². The topological polar surface area (TPSA) is 145 Å². The zero-order valence-electron chi connectivity index (χ0n) is 11.5. The fraction of sp³-hybridized carbons (Fsp3) is 0.636. The molecule has 3 rings (SSSR count). The maximum absolute atomic E-state index is 9.92. The maximum atomic E-state index is 9.92. The summed E-state index contributed by atoms with van der Waals surface area (Å²) in [6.45, 7) is 0. The minimum atomic E-state index is -1.24. The van der Waals surface area contributed by atoms with Crippen LogP contribution >= 0.6 is 0 Å². The van der Waals surface area contributed by atoms with E-state index in [-0.39, 0.29) is 6.17 Å². The number of aliphatic hydroxyl groups excluding tert-OH is 2. The number of nitrogens with one attached hydrogen (secondary N) is 1. The van der Waals surface area contributed by atoms with Crippen molar-refractivity contribution < 1.29 is 14.9 Å². The number of aliphatic imine (C=N–C) groups is 2. The summed E-state index contributed by atoms with van der Waals surface area (Å²) >= 11 is 0. The molecule has 0 amide bonds. The third kappa shape index (κ3) is 2.26. The number of hydrogen-bond acceptors (Lipinski definition) is 10. The van der Waals surface area contributed by atoms with E-state index in [0.29, 0.717) is 17.9 Å². The maximum Gasteiger partial charge on any atom is 0.167 e. The molecule has 1 fully saturated rings. The van der Waals surface area contributed by atoms with E-state index in [9.17, 15) is 10.2 Å². The lowest BCUT2D eigenvalue weighted by atomic mass is 10.1. The van der Waals surface area contributed by atoms with Crippen LogP contribution in [0.3, 0.4) is 0 Å². The van der Waals surface area contributed by atoms with Crippen LogP contribution in [0.15, 0.2) is 21.5 Å². The highest BCUT2D eigenvalue weighted by molar-refractivity contribution is 5.68. The van der Waals surface area contributed by atoms with Gasteiger partial charge in [-0.15, -0.1) is 0 Å². The highest BCUT2D eigenvalue weighted by Gasteiger charge is 2.45. The lowest BCUT2D eigenvalue weighted by molar-refractivity contribution is -0.0977. The molecule has 7 N–H and O–H groups in total. The average molecular weight is 297 g/mol. The van der Waals surface area contributed by atoms with Gasteiger partial charge in [0.2, 0.25) is 0 Å². The molecule has 0 bridgehead atoms. The van der Waals surface area contributed by atoms with Crippen LogP contribution in [0.2, 0.25) is 0 Å². The van der Waals surface area contributed by atoms with Crippen LogP contribution in [-0.2, 0) is 4.74 Å². The van der Waals surface area contributed by atoms with Crippen molar-refractivity contribution in [1.29, 1.82) is 0 Å². The quantitative estimate of drug-likeness (QED) is 0.274. The molecule has 1 saturated heterocycles. The van der Waals surface area contributed by atoms with Crippen LogP contribution in [0, 0.1) is 0 Å². The summed E-state index contributed by atoms with van der Waals surface area (Å²) in [6, 6.07) is 0. The number of nitrogens with zero attached hydrogens (tertiary/aromatic N) is 4. The predicted octanol–water partition coefficient (Wildman–Crippen LogP) is -2.98. The zero-order chi connectivity index (χ0) is 15.1. The molecule has 0 aromatic rings. The van der Waals surface area contributed by atoms with Crippen molar-refractivity contribution in [2.24, 2.45) is 21.6 Å². The van der Waals surface area contributed by atoms with Crippen molar-refractivity contribution in [3.05, 3.63) is 11.5 Å². The van der Waals surface area contributed by atoms with Gasteiger partial charge in [-0.05, 0) is 0 Å². The predicted molar refractivity (Wildman–Crippen MR) is 74.2 cm³/mol. The summed E-state index contributed by atoms with van der Waals surface area (Å²) in [4.78, 5) is 10.2. The first-order valence-electron chi connectivity index (χ1n) is 6.61. The average Bonchev–Trinajstić information content (AvgIpc) is 3.03. The van der Waals surface area contributed by atoms with E-state index in [0.717, 1.165) is 0 Å². The number of ether oxygens (including phenoxy) is 1. The zero-order valence-corrected chi connectivity index (χ0v) is 11.5. The molecule has 10 nitrogen and oxygen atoms in total. The van der Waals surface area contributed by atoms with E-state index in [4.69, 9.17) is 16.3 Å². The van der Waals surface area contributed by atoms with Gasteiger partial charge in [-0.3, -0.25) is 5.01 Å². The number of nitrogens with two attached hydrogens (primary N) is 2. The highest BCUT2D eigenvalue weighted by atomic mass is 16.5. The molecule has 0 aliphatic carbocycles. The normalized spacial score (nSPS) is 36.4. The number of aliphatic hydroxyl groups is 2. The van der Waals surface area contributed by atoms with Gasteiger partial charge in [-0.2, -0.15) is 0 Å². The third-order valence-corrected chi connectivity index (χ3v) is 3.74. The van der Waals surface area contributed by atoms with E-state index in [1.165, 1.54) is 11.3 Å². The van der Waals surface area contributed by atoms with Crippen molar-refractivity contribution in [2.45, 2.75) is 37.3 Å². The first kappa shape index (κ1) is 14.2. The molecule has 21 heavy (non-hydrogen) atoms. The molecular weight excluding hydrogens is 278 g/mol. The molecule has 3 heterocycles. The molecule has 10 heteroatoms. The van der Waals surface area contributed by atoms with Crippen molar-refractivity contribution in [3.63, 3.8) is 0 Å². The van der Waals surface area contributed by atoms with Crippen LogP contribution in [0.5, 0.6) is 0 Å².